The summed E-state index contributed by atoms with van der Waals surface area (Å²) in [5.41, 5.74) is 1.07. The zero-order valence-corrected chi connectivity index (χ0v) is 10.5. The number of aromatic nitrogens is 1. The molecule has 92 valence electrons. The minimum Gasteiger partial charge on any atom is -0.478 e. The third kappa shape index (κ3) is 3.38. The highest BCUT2D eigenvalue weighted by Crippen LogP contribution is 2.43. The summed E-state index contributed by atoms with van der Waals surface area (Å²) in [4.78, 5) is 16.1. The van der Waals surface area contributed by atoms with Crippen LogP contribution in [-0.2, 0) is 16.0 Å². The first-order valence-corrected chi connectivity index (χ1v) is 6.42. The van der Waals surface area contributed by atoms with Gasteiger partial charge in [0.2, 0.25) is 0 Å². The molecule has 0 atom stereocenters. The first kappa shape index (κ1) is 12.3. The molecule has 1 saturated carbocycles. The smallest absolute Gasteiger partial charge is 0.328 e. The fourth-order valence-corrected chi connectivity index (χ4v) is 2.64. The van der Waals surface area contributed by atoms with Gasteiger partial charge in [0.05, 0.1) is 22.2 Å². The Hall–Kier alpha value is -1.20. The number of aliphatic carboxylic acids is 1. The van der Waals surface area contributed by atoms with Crippen LogP contribution in [0, 0.1) is 0 Å². The number of carboxylic acids is 1. The standard InChI is InChI=1S/C12H15NO3S/c1-16-7-6-10-13-12(8-2-3-8)9(17-10)4-5-11(14)15/h4-5,8H,2-3,6-7H2,1H3,(H,14,15)/b5-4+. The van der Waals surface area contributed by atoms with Gasteiger partial charge in [0.25, 0.3) is 0 Å². The van der Waals surface area contributed by atoms with E-state index in [0.29, 0.717) is 12.5 Å². The molecule has 1 aromatic rings. The average molecular weight is 253 g/mol. The summed E-state index contributed by atoms with van der Waals surface area (Å²) in [5.74, 6) is -0.380. The number of rotatable bonds is 6. The second kappa shape index (κ2) is 5.42. The maximum Gasteiger partial charge on any atom is 0.328 e. The lowest BCUT2D eigenvalue weighted by Gasteiger charge is -1.93. The fraction of sp³-hybridized carbons (Fsp3) is 0.500. The van der Waals surface area contributed by atoms with Gasteiger partial charge in [0.15, 0.2) is 0 Å². The molecule has 0 bridgehead atoms. The van der Waals surface area contributed by atoms with Crippen molar-refractivity contribution in [3.05, 3.63) is 21.7 Å². The summed E-state index contributed by atoms with van der Waals surface area (Å²) in [6, 6.07) is 0. The highest BCUT2D eigenvalue weighted by Gasteiger charge is 2.28. The van der Waals surface area contributed by atoms with Gasteiger partial charge in [-0.2, -0.15) is 0 Å². The molecule has 0 unspecified atom stereocenters. The molecule has 4 nitrogen and oxygen atoms in total. The minimum atomic E-state index is -0.918. The third-order valence-electron chi connectivity index (χ3n) is 2.59. The number of ether oxygens (including phenoxy) is 1. The van der Waals surface area contributed by atoms with Gasteiger partial charge in [-0.3, -0.25) is 0 Å². The number of nitrogens with zero attached hydrogens (tertiary/aromatic N) is 1. The maximum atomic E-state index is 10.5. The number of carboxylic acid groups (broad SMARTS) is 1. The monoisotopic (exact) mass is 253 g/mol. The van der Waals surface area contributed by atoms with E-state index in [-0.39, 0.29) is 0 Å². The minimum absolute atomic E-state index is 0.538. The highest BCUT2D eigenvalue weighted by molar-refractivity contribution is 7.12. The van der Waals surface area contributed by atoms with Gasteiger partial charge >= 0.3 is 5.97 Å². The van der Waals surface area contributed by atoms with Gasteiger partial charge < -0.3 is 9.84 Å². The van der Waals surface area contributed by atoms with E-state index >= 15 is 0 Å². The van der Waals surface area contributed by atoms with Crippen molar-refractivity contribution in [3.63, 3.8) is 0 Å². The predicted molar refractivity (Wildman–Crippen MR) is 66.3 cm³/mol. The van der Waals surface area contributed by atoms with Gasteiger partial charge in [-0.05, 0) is 18.9 Å². The van der Waals surface area contributed by atoms with E-state index in [1.54, 1.807) is 24.5 Å². The molecule has 2 rings (SSSR count). The topological polar surface area (TPSA) is 59.4 Å². The molecular weight excluding hydrogens is 238 g/mol. The van der Waals surface area contributed by atoms with Crippen LogP contribution in [0.2, 0.25) is 0 Å². The van der Waals surface area contributed by atoms with Crippen molar-refractivity contribution in [3.8, 4) is 0 Å². The zero-order chi connectivity index (χ0) is 12.3. The van der Waals surface area contributed by atoms with Crippen LogP contribution in [0.5, 0.6) is 0 Å². The number of methoxy groups -OCH3 is 1. The van der Waals surface area contributed by atoms with E-state index in [4.69, 9.17) is 9.84 Å². The van der Waals surface area contributed by atoms with E-state index < -0.39 is 5.97 Å². The summed E-state index contributed by atoms with van der Waals surface area (Å²) in [6.07, 6.45) is 5.97. The van der Waals surface area contributed by atoms with Crippen molar-refractivity contribution in [1.82, 2.24) is 4.98 Å². The van der Waals surface area contributed by atoms with E-state index in [0.717, 1.165) is 22.0 Å². The summed E-state index contributed by atoms with van der Waals surface area (Å²) < 4.78 is 5.02. The van der Waals surface area contributed by atoms with Crippen molar-refractivity contribution in [2.75, 3.05) is 13.7 Å². The molecule has 0 saturated heterocycles. The van der Waals surface area contributed by atoms with Gasteiger partial charge in [-0.15, -0.1) is 11.3 Å². The summed E-state index contributed by atoms with van der Waals surface area (Å²) in [6.45, 7) is 0.652. The van der Waals surface area contributed by atoms with Crippen LogP contribution in [0.4, 0.5) is 0 Å². The zero-order valence-electron chi connectivity index (χ0n) is 9.68. The lowest BCUT2D eigenvalue weighted by molar-refractivity contribution is -0.131. The Morgan fingerprint density at radius 2 is 2.41 bits per heavy atom. The Balaban J connectivity index is 2.16. The normalized spacial score (nSPS) is 15.6. The molecule has 17 heavy (non-hydrogen) atoms. The van der Waals surface area contributed by atoms with Crippen LogP contribution >= 0.6 is 11.3 Å². The van der Waals surface area contributed by atoms with Crippen LogP contribution in [-0.4, -0.2) is 29.8 Å². The highest BCUT2D eigenvalue weighted by atomic mass is 32.1. The molecule has 1 fully saturated rings. The molecule has 0 amide bonds. The number of hydrogen-bond acceptors (Lipinski definition) is 4. The average Bonchev–Trinajstić information content (AvgIpc) is 3.05. The van der Waals surface area contributed by atoms with Crippen molar-refractivity contribution < 1.29 is 14.6 Å². The summed E-state index contributed by atoms with van der Waals surface area (Å²) >= 11 is 1.57. The van der Waals surface area contributed by atoms with E-state index in [1.807, 2.05) is 0 Å². The Kier molecular flexibility index (Phi) is 3.91. The summed E-state index contributed by atoms with van der Waals surface area (Å²) in [7, 11) is 1.67. The molecule has 0 aromatic carbocycles. The first-order chi connectivity index (χ1) is 8.20. The van der Waals surface area contributed by atoms with Crippen molar-refractivity contribution in [1.29, 1.82) is 0 Å². The lowest BCUT2D eigenvalue weighted by atomic mass is 10.2. The molecule has 1 heterocycles. The number of hydrogen-bond donors (Lipinski definition) is 1. The maximum absolute atomic E-state index is 10.5. The fourth-order valence-electron chi connectivity index (χ4n) is 1.60. The quantitative estimate of drug-likeness (QED) is 0.790. The van der Waals surface area contributed by atoms with Crippen LogP contribution in [0.3, 0.4) is 0 Å². The SMILES string of the molecule is COCCc1nc(C2CC2)c(/C=C/C(=O)O)s1. The van der Waals surface area contributed by atoms with Gasteiger partial charge in [-0.25, -0.2) is 9.78 Å². The molecule has 1 aliphatic carbocycles. The molecule has 0 spiro atoms. The van der Waals surface area contributed by atoms with Gasteiger partial charge in [0, 0.05) is 25.5 Å². The Labute approximate surface area is 104 Å². The molecule has 1 N–H and O–H groups in total. The largest absolute Gasteiger partial charge is 0.478 e. The summed E-state index contributed by atoms with van der Waals surface area (Å²) in [5, 5.41) is 9.67. The van der Waals surface area contributed by atoms with E-state index in [9.17, 15) is 4.79 Å². The van der Waals surface area contributed by atoms with Gasteiger partial charge in [0.1, 0.15) is 0 Å². The Bertz CT molecular complexity index is 435. The first-order valence-electron chi connectivity index (χ1n) is 5.60. The Morgan fingerprint density at radius 3 is 3.00 bits per heavy atom. The number of thiazole rings is 1. The molecule has 5 heteroatoms. The number of carbonyl (C=O) groups is 1. The second-order valence-corrected chi connectivity index (χ2v) is 5.16. The van der Waals surface area contributed by atoms with Crippen molar-refractivity contribution >= 4 is 23.4 Å². The van der Waals surface area contributed by atoms with Crippen LogP contribution in [0.15, 0.2) is 6.08 Å². The molecule has 0 radical (unpaired) electrons. The molecule has 1 aromatic heterocycles. The van der Waals surface area contributed by atoms with E-state index in [1.165, 1.54) is 18.9 Å². The van der Waals surface area contributed by atoms with Crippen molar-refractivity contribution in [2.45, 2.75) is 25.2 Å². The second-order valence-electron chi connectivity index (χ2n) is 4.05. The van der Waals surface area contributed by atoms with Gasteiger partial charge in [-0.1, -0.05) is 0 Å². The molecule has 1 aliphatic rings. The van der Waals surface area contributed by atoms with Crippen LogP contribution in [0.1, 0.15) is 34.3 Å². The molecule has 0 aliphatic heterocycles. The lowest BCUT2D eigenvalue weighted by Crippen LogP contribution is -1.93. The van der Waals surface area contributed by atoms with E-state index in [2.05, 4.69) is 4.98 Å². The predicted octanol–water partition coefficient (Wildman–Crippen LogP) is 2.31. The third-order valence-corrected chi connectivity index (χ3v) is 3.68. The Morgan fingerprint density at radius 1 is 1.65 bits per heavy atom. The molecular formula is C12H15NO3S. The van der Waals surface area contributed by atoms with Crippen LogP contribution < -0.4 is 0 Å². The van der Waals surface area contributed by atoms with Crippen LogP contribution in [0.25, 0.3) is 6.08 Å². The van der Waals surface area contributed by atoms with Crippen molar-refractivity contribution in [2.24, 2.45) is 0 Å².